The van der Waals surface area contributed by atoms with Crippen molar-refractivity contribution in [2.24, 2.45) is 0 Å². The van der Waals surface area contributed by atoms with Crippen molar-refractivity contribution in [2.75, 3.05) is 25.1 Å². The zero-order chi connectivity index (χ0) is 12.9. The molecule has 17 heavy (non-hydrogen) atoms. The van der Waals surface area contributed by atoms with Crippen molar-refractivity contribution in [3.8, 4) is 0 Å². The van der Waals surface area contributed by atoms with Crippen molar-refractivity contribution in [3.63, 3.8) is 0 Å². The first-order chi connectivity index (χ1) is 7.88. The van der Waals surface area contributed by atoms with Crippen LogP contribution in [0.25, 0.3) is 0 Å². The minimum Gasteiger partial charge on any atom is -0.392 e. The third-order valence-corrected chi connectivity index (χ3v) is 4.26. The Balaban J connectivity index is 2.52. The number of hydrogen-bond donors (Lipinski definition) is 1. The second-order valence-electron chi connectivity index (χ2n) is 5.27. The smallest absolute Gasteiger partial charge is 0.148 e. The van der Waals surface area contributed by atoms with Gasteiger partial charge in [0.1, 0.15) is 9.84 Å². The van der Waals surface area contributed by atoms with Gasteiger partial charge in [0.25, 0.3) is 0 Å². The van der Waals surface area contributed by atoms with Crippen molar-refractivity contribution in [1.29, 1.82) is 0 Å². The fraction of sp³-hybridized carbons (Fsp3) is 1.00. The number of hydrogen-bond acceptors (Lipinski definition) is 4. The summed E-state index contributed by atoms with van der Waals surface area (Å²) < 4.78 is 22.4. The van der Waals surface area contributed by atoms with E-state index in [0.29, 0.717) is 19.1 Å². The maximum atomic E-state index is 11.2. The van der Waals surface area contributed by atoms with Crippen LogP contribution in [0.3, 0.4) is 0 Å². The first kappa shape index (κ1) is 14.9. The fourth-order valence-corrected chi connectivity index (χ4v) is 3.06. The lowest BCUT2D eigenvalue weighted by Gasteiger charge is -2.34. The Hall–Kier alpha value is -0.130. The first-order valence-electron chi connectivity index (χ1n) is 6.48. The van der Waals surface area contributed by atoms with Crippen molar-refractivity contribution >= 4 is 9.84 Å². The van der Waals surface area contributed by atoms with Crippen LogP contribution in [0.4, 0.5) is 0 Å². The normalized spacial score (nSPS) is 20.7. The highest BCUT2D eigenvalue weighted by Crippen LogP contribution is 2.22. The van der Waals surface area contributed by atoms with Crippen LogP contribution >= 0.6 is 0 Å². The number of aliphatic hydroxyl groups excluding tert-OH is 1. The molecule has 1 rings (SSSR count). The van der Waals surface area contributed by atoms with E-state index in [4.69, 9.17) is 0 Å². The molecular formula is C12H25NO3S. The fourth-order valence-electron chi connectivity index (χ4n) is 2.49. The van der Waals surface area contributed by atoms with Crippen molar-refractivity contribution in [1.82, 2.24) is 4.90 Å². The van der Waals surface area contributed by atoms with Gasteiger partial charge < -0.3 is 5.11 Å². The third kappa shape index (κ3) is 6.38. The van der Waals surface area contributed by atoms with Crippen molar-refractivity contribution < 1.29 is 13.5 Å². The van der Waals surface area contributed by atoms with E-state index >= 15 is 0 Å². The molecular weight excluding hydrogens is 238 g/mol. The van der Waals surface area contributed by atoms with Crippen LogP contribution in [-0.4, -0.2) is 55.7 Å². The highest BCUT2D eigenvalue weighted by atomic mass is 32.2. The van der Waals surface area contributed by atoms with E-state index in [-0.39, 0.29) is 5.75 Å². The van der Waals surface area contributed by atoms with Crippen LogP contribution in [0, 0.1) is 0 Å². The molecule has 0 aromatic rings. The Morgan fingerprint density at radius 1 is 1.29 bits per heavy atom. The summed E-state index contributed by atoms with van der Waals surface area (Å²) in [7, 11) is -2.92. The van der Waals surface area contributed by atoms with Gasteiger partial charge >= 0.3 is 0 Å². The molecule has 5 heteroatoms. The SMILES string of the molecule is CC(O)CN(CCS(C)(=O)=O)C1CCCCC1. The van der Waals surface area contributed by atoms with Gasteiger partial charge in [0.2, 0.25) is 0 Å². The van der Waals surface area contributed by atoms with Crippen LogP contribution in [0.2, 0.25) is 0 Å². The molecule has 1 fully saturated rings. The van der Waals surface area contributed by atoms with Crippen LogP contribution in [0.1, 0.15) is 39.0 Å². The van der Waals surface area contributed by atoms with E-state index in [1.165, 1.54) is 25.5 Å². The zero-order valence-electron chi connectivity index (χ0n) is 10.9. The summed E-state index contributed by atoms with van der Waals surface area (Å²) in [5.74, 6) is 0.191. The minimum absolute atomic E-state index is 0.191. The van der Waals surface area contributed by atoms with Gasteiger partial charge in [-0.1, -0.05) is 19.3 Å². The van der Waals surface area contributed by atoms with E-state index in [2.05, 4.69) is 4.90 Å². The average molecular weight is 263 g/mol. The molecule has 1 N–H and O–H groups in total. The Morgan fingerprint density at radius 2 is 1.88 bits per heavy atom. The molecule has 0 bridgehead atoms. The Kier molecular flexibility index (Phi) is 5.89. The molecule has 0 aromatic heterocycles. The maximum Gasteiger partial charge on any atom is 0.148 e. The quantitative estimate of drug-likeness (QED) is 0.778. The van der Waals surface area contributed by atoms with Crippen molar-refractivity contribution in [3.05, 3.63) is 0 Å². The molecule has 0 amide bonds. The molecule has 1 atom stereocenters. The molecule has 0 spiro atoms. The molecule has 0 aromatic carbocycles. The van der Waals surface area contributed by atoms with E-state index in [0.717, 1.165) is 12.8 Å². The van der Waals surface area contributed by atoms with Crippen molar-refractivity contribution in [2.45, 2.75) is 51.2 Å². The highest BCUT2D eigenvalue weighted by Gasteiger charge is 2.22. The van der Waals surface area contributed by atoms with Crippen LogP contribution in [0.5, 0.6) is 0 Å². The summed E-state index contributed by atoms with van der Waals surface area (Å²) >= 11 is 0. The number of aliphatic hydroxyl groups is 1. The lowest BCUT2D eigenvalue weighted by Crippen LogP contribution is -2.43. The Labute approximate surface area is 105 Å². The molecule has 0 radical (unpaired) electrons. The van der Waals surface area contributed by atoms with Gasteiger partial charge in [-0.25, -0.2) is 8.42 Å². The van der Waals surface area contributed by atoms with E-state index < -0.39 is 15.9 Å². The summed E-state index contributed by atoms with van der Waals surface area (Å²) in [6, 6.07) is 0.458. The summed E-state index contributed by atoms with van der Waals surface area (Å²) in [5.41, 5.74) is 0. The van der Waals surface area contributed by atoms with Gasteiger partial charge in [-0.05, 0) is 19.8 Å². The molecule has 4 nitrogen and oxygen atoms in total. The number of nitrogens with zero attached hydrogens (tertiary/aromatic N) is 1. The molecule has 0 aliphatic heterocycles. The van der Waals surface area contributed by atoms with Crippen LogP contribution < -0.4 is 0 Å². The largest absolute Gasteiger partial charge is 0.392 e. The van der Waals surface area contributed by atoms with Gasteiger partial charge in [-0.15, -0.1) is 0 Å². The molecule has 1 aliphatic rings. The topological polar surface area (TPSA) is 57.6 Å². The molecule has 0 heterocycles. The molecule has 1 unspecified atom stereocenters. The maximum absolute atomic E-state index is 11.2. The van der Waals surface area contributed by atoms with E-state index in [1.54, 1.807) is 6.92 Å². The number of rotatable bonds is 6. The van der Waals surface area contributed by atoms with Gasteiger partial charge in [-0.3, -0.25) is 4.90 Å². The summed E-state index contributed by atoms with van der Waals surface area (Å²) in [4.78, 5) is 2.16. The predicted molar refractivity (Wildman–Crippen MR) is 69.8 cm³/mol. The van der Waals surface area contributed by atoms with Crippen LogP contribution in [-0.2, 0) is 9.84 Å². The molecule has 0 saturated heterocycles. The first-order valence-corrected chi connectivity index (χ1v) is 8.54. The zero-order valence-corrected chi connectivity index (χ0v) is 11.7. The monoisotopic (exact) mass is 263 g/mol. The van der Waals surface area contributed by atoms with E-state index in [9.17, 15) is 13.5 Å². The van der Waals surface area contributed by atoms with E-state index in [1.807, 2.05) is 0 Å². The molecule has 102 valence electrons. The lowest BCUT2D eigenvalue weighted by molar-refractivity contribution is 0.0872. The summed E-state index contributed by atoms with van der Waals surface area (Å²) in [6.07, 6.45) is 6.88. The van der Waals surface area contributed by atoms with Gasteiger partial charge in [-0.2, -0.15) is 0 Å². The molecule has 1 aliphatic carbocycles. The number of sulfone groups is 1. The lowest BCUT2D eigenvalue weighted by atomic mass is 9.94. The Bertz CT molecular complexity index is 308. The average Bonchev–Trinajstić information content (AvgIpc) is 2.24. The second-order valence-corrected chi connectivity index (χ2v) is 7.53. The van der Waals surface area contributed by atoms with Gasteiger partial charge in [0, 0.05) is 25.4 Å². The third-order valence-electron chi connectivity index (χ3n) is 3.34. The van der Waals surface area contributed by atoms with Crippen LogP contribution in [0.15, 0.2) is 0 Å². The predicted octanol–water partition coefficient (Wildman–Crippen LogP) is 1.05. The summed E-state index contributed by atoms with van der Waals surface area (Å²) in [5, 5.41) is 9.49. The standard InChI is InChI=1S/C12H25NO3S/c1-11(14)10-13(8-9-17(2,15)16)12-6-4-3-5-7-12/h11-12,14H,3-10H2,1-2H3. The summed E-state index contributed by atoms with van der Waals surface area (Å²) in [6.45, 7) is 2.89. The van der Waals surface area contributed by atoms with Gasteiger partial charge in [0.05, 0.1) is 11.9 Å². The highest BCUT2D eigenvalue weighted by molar-refractivity contribution is 7.90. The Morgan fingerprint density at radius 3 is 2.35 bits per heavy atom. The minimum atomic E-state index is -2.92. The molecule has 1 saturated carbocycles. The van der Waals surface area contributed by atoms with Gasteiger partial charge in [0.15, 0.2) is 0 Å². The second kappa shape index (κ2) is 6.71.